The molecule has 2 heterocycles. The number of rotatable bonds is 5. The Balaban J connectivity index is 1.51. The Hall–Kier alpha value is -1.99. The van der Waals surface area contributed by atoms with E-state index >= 15 is 0 Å². The number of anilines is 1. The SMILES string of the molecule is C[C@@H](NC(=O)[C@H](C)N1CCN(c2nccs2)CC1)c1ccc(F)cc1. The number of nitrogens with one attached hydrogen (secondary N) is 1. The van der Waals surface area contributed by atoms with E-state index in [1.165, 1.54) is 12.1 Å². The van der Waals surface area contributed by atoms with Crippen LogP contribution in [-0.2, 0) is 4.79 Å². The second-order valence-electron chi connectivity index (χ2n) is 6.30. The fraction of sp³-hybridized carbons (Fsp3) is 0.444. The monoisotopic (exact) mass is 362 g/mol. The number of halogens is 1. The van der Waals surface area contributed by atoms with Gasteiger partial charge >= 0.3 is 0 Å². The molecule has 1 N–H and O–H groups in total. The van der Waals surface area contributed by atoms with Crippen LogP contribution >= 0.6 is 11.3 Å². The van der Waals surface area contributed by atoms with Crippen molar-refractivity contribution in [1.29, 1.82) is 0 Å². The summed E-state index contributed by atoms with van der Waals surface area (Å²) in [6.07, 6.45) is 1.82. The van der Waals surface area contributed by atoms with Gasteiger partial charge in [-0.25, -0.2) is 9.37 Å². The Bertz CT molecular complexity index is 684. The molecule has 0 bridgehead atoms. The fourth-order valence-electron chi connectivity index (χ4n) is 3.01. The molecular weight excluding hydrogens is 339 g/mol. The van der Waals surface area contributed by atoms with Crippen LogP contribution in [0.1, 0.15) is 25.5 Å². The first-order chi connectivity index (χ1) is 12.0. The fourth-order valence-corrected chi connectivity index (χ4v) is 3.70. The van der Waals surface area contributed by atoms with Gasteiger partial charge in [0.1, 0.15) is 5.82 Å². The molecule has 1 aromatic carbocycles. The van der Waals surface area contributed by atoms with Crippen LogP contribution in [-0.4, -0.2) is 48.0 Å². The number of amides is 1. The van der Waals surface area contributed by atoms with Gasteiger partial charge in [-0.1, -0.05) is 12.1 Å². The largest absolute Gasteiger partial charge is 0.348 e. The van der Waals surface area contributed by atoms with E-state index < -0.39 is 0 Å². The summed E-state index contributed by atoms with van der Waals surface area (Å²) in [7, 11) is 0. The number of hydrogen-bond donors (Lipinski definition) is 1. The van der Waals surface area contributed by atoms with Crippen molar-refractivity contribution in [3.05, 3.63) is 47.2 Å². The number of hydrogen-bond acceptors (Lipinski definition) is 5. The minimum Gasteiger partial charge on any atom is -0.348 e. The number of aromatic nitrogens is 1. The van der Waals surface area contributed by atoms with E-state index in [0.29, 0.717) is 0 Å². The van der Waals surface area contributed by atoms with E-state index in [2.05, 4.69) is 20.1 Å². The quantitative estimate of drug-likeness (QED) is 0.888. The van der Waals surface area contributed by atoms with Gasteiger partial charge in [0.2, 0.25) is 5.91 Å². The minimum atomic E-state index is -0.270. The average molecular weight is 362 g/mol. The first-order valence-electron chi connectivity index (χ1n) is 8.49. The van der Waals surface area contributed by atoms with Gasteiger partial charge in [-0.05, 0) is 31.5 Å². The highest BCUT2D eigenvalue weighted by Gasteiger charge is 2.27. The first kappa shape index (κ1) is 17.8. The van der Waals surface area contributed by atoms with Crippen molar-refractivity contribution in [3.8, 4) is 0 Å². The summed E-state index contributed by atoms with van der Waals surface area (Å²) in [4.78, 5) is 21.3. The highest BCUT2D eigenvalue weighted by atomic mass is 32.1. The van der Waals surface area contributed by atoms with Crippen LogP contribution in [0.15, 0.2) is 35.8 Å². The van der Waals surface area contributed by atoms with Gasteiger partial charge in [-0.3, -0.25) is 9.69 Å². The van der Waals surface area contributed by atoms with E-state index in [-0.39, 0.29) is 23.8 Å². The standard InChI is InChI=1S/C18H23FN4OS/c1-13(15-3-5-16(19)6-4-15)21-17(24)14(2)22-8-10-23(11-9-22)18-20-7-12-25-18/h3-7,12-14H,8-11H2,1-2H3,(H,21,24)/t13-,14+/m1/s1. The molecule has 3 rings (SSSR count). The van der Waals surface area contributed by atoms with Crippen molar-refractivity contribution >= 4 is 22.4 Å². The summed E-state index contributed by atoms with van der Waals surface area (Å²) < 4.78 is 13.0. The zero-order valence-electron chi connectivity index (χ0n) is 14.5. The lowest BCUT2D eigenvalue weighted by Gasteiger charge is -2.37. The molecule has 0 saturated carbocycles. The van der Waals surface area contributed by atoms with Crippen molar-refractivity contribution < 1.29 is 9.18 Å². The van der Waals surface area contributed by atoms with Gasteiger partial charge in [0.15, 0.2) is 5.13 Å². The van der Waals surface area contributed by atoms with Crippen LogP contribution in [0.4, 0.5) is 9.52 Å². The lowest BCUT2D eigenvalue weighted by atomic mass is 10.1. The molecule has 1 fully saturated rings. The molecule has 5 nitrogen and oxygen atoms in total. The summed E-state index contributed by atoms with van der Waals surface area (Å²) in [5.74, 6) is -0.270. The lowest BCUT2D eigenvalue weighted by molar-refractivity contribution is -0.126. The van der Waals surface area contributed by atoms with E-state index in [1.54, 1.807) is 23.5 Å². The number of thiazole rings is 1. The number of benzene rings is 1. The lowest BCUT2D eigenvalue weighted by Crippen LogP contribution is -2.54. The second-order valence-corrected chi connectivity index (χ2v) is 7.17. The molecule has 2 atom stereocenters. The predicted molar refractivity (Wildman–Crippen MR) is 98.3 cm³/mol. The average Bonchev–Trinajstić information content (AvgIpc) is 3.16. The zero-order valence-corrected chi connectivity index (χ0v) is 15.3. The highest BCUT2D eigenvalue weighted by Crippen LogP contribution is 2.20. The highest BCUT2D eigenvalue weighted by molar-refractivity contribution is 7.13. The molecule has 2 aromatic rings. The molecule has 25 heavy (non-hydrogen) atoms. The van der Waals surface area contributed by atoms with Crippen molar-refractivity contribution in [2.24, 2.45) is 0 Å². The summed E-state index contributed by atoms with van der Waals surface area (Å²) >= 11 is 1.64. The smallest absolute Gasteiger partial charge is 0.237 e. The zero-order chi connectivity index (χ0) is 17.8. The molecule has 1 saturated heterocycles. The first-order valence-corrected chi connectivity index (χ1v) is 9.37. The topological polar surface area (TPSA) is 48.5 Å². The van der Waals surface area contributed by atoms with E-state index in [1.807, 2.05) is 25.4 Å². The Morgan fingerprint density at radius 3 is 2.48 bits per heavy atom. The third-order valence-corrected chi connectivity index (χ3v) is 5.49. The Morgan fingerprint density at radius 1 is 1.20 bits per heavy atom. The maximum atomic E-state index is 13.0. The third-order valence-electron chi connectivity index (χ3n) is 4.66. The number of carbonyl (C=O) groups is 1. The molecule has 0 unspecified atom stereocenters. The molecule has 7 heteroatoms. The predicted octanol–water partition coefficient (Wildman–Crippen LogP) is 2.67. The van der Waals surface area contributed by atoms with Crippen molar-refractivity contribution in [2.75, 3.05) is 31.1 Å². The second kappa shape index (κ2) is 7.93. The molecular formula is C18H23FN4OS. The molecule has 0 radical (unpaired) electrons. The van der Waals surface area contributed by atoms with Gasteiger partial charge in [0, 0.05) is 37.8 Å². The summed E-state index contributed by atoms with van der Waals surface area (Å²) in [6, 6.07) is 5.90. The number of nitrogens with zero attached hydrogens (tertiary/aromatic N) is 3. The molecule has 0 spiro atoms. The number of piperazine rings is 1. The van der Waals surface area contributed by atoms with Crippen LogP contribution in [0.5, 0.6) is 0 Å². The Morgan fingerprint density at radius 2 is 1.88 bits per heavy atom. The van der Waals surface area contributed by atoms with E-state index in [9.17, 15) is 9.18 Å². The van der Waals surface area contributed by atoms with Crippen molar-refractivity contribution in [2.45, 2.75) is 25.9 Å². The van der Waals surface area contributed by atoms with Crippen LogP contribution in [0.25, 0.3) is 0 Å². The maximum absolute atomic E-state index is 13.0. The van der Waals surface area contributed by atoms with Crippen molar-refractivity contribution in [1.82, 2.24) is 15.2 Å². The molecule has 1 amide bonds. The van der Waals surface area contributed by atoms with E-state index in [0.717, 1.165) is 36.9 Å². The molecule has 1 aliphatic heterocycles. The maximum Gasteiger partial charge on any atom is 0.237 e. The van der Waals surface area contributed by atoms with Gasteiger partial charge in [0.05, 0.1) is 12.1 Å². The summed E-state index contributed by atoms with van der Waals surface area (Å²) in [5.41, 5.74) is 0.899. The Labute approximate surface area is 151 Å². The molecule has 0 aliphatic carbocycles. The van der Waals surface area contributed by atoms with E-state index in [4.69, 9.17) is 0 Å². The Kier molecular flexibility index (Phi) is 5.65. The van der Waals surface area contributed by atoms with Gasteiger partial charge in [-0.2, -0.15) is 0 Å². The normalized spacial score (nSPS) is 18.0. The molecule has 1 aromatic heterocycles. The van der Waals surface area contributed by atoms with Gasteiger partial charge < -0.3 is 10.2 Å². The summed E-state index contributed by atoms with van der Waals surface area (Å²) in [6.45, 7) is 7.26. The van der Waals surface area contributed by atoms with Crippen LogP contribution in [0.3, 0.4) is 0 Å². The third kappa shape index (κ3) is 4.35. The van der Waals surface area contributed by atoms with Crippen LogP contribution in [0, 0.1) is 5.82 Å². The minimum absolute atomic E-state index is 0.000441. The van der Waals surface area contributed by atoms with Gasteiger partial charge in [0.25, 0.3) is 0 Å². The van der Waals surface area contributed by atoms with Crippen LogP contribution in [0.2, 0.25) is 0 Å². The number of carbonyl (C=O) groups excluding carboxylic acids is 1. The molecule has 134 valence electrons. The van der Waals surface area contributed by atoms with Gasteiger partial charge in [-0.15, -0.1) is 11.3 Å². The molecule has 1 aliphatic rings. The van der Waals surface area contributed by atoms with Crippen LogP contribution < -0.4 is 10.2 Å². The van der Waals surface area contributed by atoms with Crippen molar-refractivity contribution in [3.63, 3.8) is 0 Å². The summed E-state index contributed by atoms with van der Waals surface area (Å²) in [5, 5.41) is 6.05.